The second-order valence-electron chi connectivity index (χ2n) is 5.70. The van der Waals surface area contributed by atoms with E-state index in [1.54, 1.807) is 27.7 Å². The van der Waals surface area contributed by atoms with Gasteiger partial charge in [-0.25, -0.2) is 0 Å². The smallest absolute Gasteiger partial charge is 0.371 e. The van der Waals surface area contributed by atoms with Crippen LogP contribution in [-0.4, -0.2) is 32.8 Å². The quantitative estimate of drug-likeness (QED) is 0.737. The topological polar surface area (TPSA) is 27.7 Å². The SMILES string of the molecule is CC(C)O[Si]1(OC(C)C)CCCC(C)(C(F)(F)F)O1. The third-order valence-electron chi connectivity index (χ3n) is 2.95. The van der Waals surface area contributed by atoms with Gasteiger partial charge in [-0.05, 0) is 47.5 Å². The highest BCUT2D eigenvalue weighted by Gasteiger charge is 2.61. The van der Waals surface area contributed by atoms with E-state index >= 15 is 0 Å². The molecule has 1 saturated heterocycles. The lowest BCUT2D eigenvalue weighted by atomic mass is 10.0. The molecule has 114 valence electrons. The molecule has 1 atom stereocenters. The molecule has 1 aliphatic heterocycles. The van der Waals surface area contributed by atoms with Crippen LogP contribution in [0.1, 0.15) is 47.5 Å². The van der Waals surface area contributed by atoms with E-state index in [9.17, 15) is 13.2 Å². The number of alkyl halides is 3. The predicted molar refractivity (Wildman–Crippen MR) is 67.8 cm³/mol. The van der Waals surface area contributed by atoms with Crippen LogP contribution in [0.15, 0.2) is 0 Å². The van der Waals surface area contributed by atoms with Gasteiger partial charge in [-0.1, -0.05) is 0 Å². The highest BCUT2D eigenvalue weighted by atomic mass is 28.4. The molecule has 3 nitrogen and oxygen atoms in total. The minimum atomic E-state index is -4.41. The number of hydrogen-bond donors (Lipinski definition) is 0. The summed E-state index contributed by atoms with van der Waals surface area (Å²) >= 11 is 0. The molecule has 0 aromatic rings. The Balaban J connectivity index is 2.98. The monoisotopic (exact) mass is 300 g/mol. The van der Waals surface area contributed by atoms with Crippen molar-refractivity contribution in [1.82, 2.24) is 0 Å². The Morgan fingerprint density at radius 2 is 1.58 bits per heavy atom. The molecule has 1 heterocycles. The number of rotatable bonds is 4. The standard InChI is InChI=1S/C12H23F3O3Si/c1-9(2)16-19(17-10(3)4)8-6-7-11(5,18-19)12(13,14)15/h9-10H,6-8H2,1-5H3. The first-order valence-electron chi connectivity index (χ1n) is 6.62. The molecule has 0 N–H and O–H groups in total. The normalized spacial score (nSPS) is 28.1. The molecule has 19 heavy (non-hydrogen) atoms. The zero-order valence-corrected chi connectivity index (χ0v) is 13.1. The van der Waals surface area contributed by atoms with E-state index in [4.69, 9.17) is 13.3 Å². The fourth-order valence-electron chi connectivity index (χ4n) is 2.20. The van der Waals surface area contributed by atoms with Gasteiger partial charge in [0.15, 0.2) is 5.60 Å². The molecule has 0 spiro atoms. The Kier molecular flexibility index (Phi) is 5.09. The van der Waals surface area contributed by atoms with Crippen LogP contribution < -0.4 is 0 Å². The molecular weight excluding hydrogens is 277 g/mol. The highest BCUT2D eigenvalue weighted by Crippen LogP contribution is 2.45. The van der Waals surface area contributed by atoms with E-state index in [1.165, 1.54) is 0 Å². The summed E-state index contributed by atoms with van der Waals surface area (Å²) in [5.74, 6) is 0. The summed E-state index contributed by atoms with van der Waals surface area (Å²) in [5.41, 5.74) is -2.17. The van der Waals surface area contributed by atoms with Gasteiger partial charge in [-0.15, -0.1) is 0 Å². The lowest BCUT2D eigenvalue weighted by Crippen LogP contribution is -2.61. The Morgan fingerprint density at radius 1 is 1.11 bits per heavy atom. The average molecular weight is 300 g/mol. The second-order valence-corrected chi connectivity index (χ2v) is 8.24. The van der Waals surface area contributed by atoms with Crippen molar-refractivity contribution < 1.29 is 26.4 Å². The molecule has 0 aliphatic carbocycles. The van der Waals surface area contributed by atoms with E-state index in [2.05, 4.69) is 0 Å². The van der Waals surface area contributed by atoms with Gasteiger partial charge in [0.25, 0.3) is 0 Å². The van der Waals surface area contributed by atoms with Crippen LogP contribution in [0.25, 0.3) is 0 Å². The Morgan fingerprint density at radius 3 is 1.95 bits per heavy atom. The Bertz CT molecular complexity index is 297. The molecule has 0 amide bonds. The fraction of sp³-hybridized carbons (Fsp3) is 1.00. The number of halogens is 3. The minimum absolute atomic E-state index is 0.0475. The molecule has 1 aliphatic rings. The minimum Gasteiger partial charge on any atom is -0.371 e. The van der Waals surface area contributed by atoms with Crippen molar-refractivity contribution in [2.24, 2.45) is 0 Å². The first-order chi connectivity index (χ1) is 8.50. The van der Waals surface area contributed by atoms with Crippen molar-refractivity contribution in [3.63, 3.8) is 0 Å². The molecule has 0 saturated carbocycles. The molecule has 1 unspecified atom stereocenters. The number of hydrogen-bond acceptors (Lipinski definition) is 3. The maximum absolute atomic E-state index is 13.1. The molecule has 0 bridgehead atoms. The van der Waals surface area contributed by atoms with Crippen LogP contribution in [0.3, 0.4) is 0 Å². The van der Waals surface area contributed by atoms with Crippen molar-refractivity contribution in [2.45, 2.75) is 77.5 Å². The maximum Gasteiger partial charge on any atom is 0.502 e. The van der Waals surface area contributed by atoms with E-state index in [0.717, 1.165) is 6.92 Å². The molecule has 7 heteroatoms. The highest BCUT2D eigenvalue weighted by molar-refractivity contribution is 6.61. The van der Waals surface area contributed by atoms with Crippen molar-refractivity contribution in [3.05, 3.63) is 0 Å². The van der Waals surface area contributed by atoms with Gasteiger partial charge in [0.05, 0.1) is 0 Å². The second kappa shape index (κ2) is 5.71. The van der Waals surface area contributed by atoms with Crippen LogP contribution >= 0.6 is 0 Å². The van der Waals surface area contributed by atoms with Crippen LogP contribution in [0.2, 0.25) is 6.04 Å². The zero-order chi connectivity index (χ0) is 14.9. The maximum atomic E-state index is 13.1. The van der Waals surface area contributed by atoms with E-state index in [-0.39, 0.29) is 18.6 Å². The summed E-state index contributed by atoms with van der Waals surface area (Å²) in [6.45, 7) is 8.20. The van der Waals surface area contributed by atoms with Crippen molar-refractivity contribution >= 4 is 8.80 Å². The third kappa shape index (κ3) is 4.17. The van der Waals surface area contributed by atoms with Crippen molar-refractivity contribution in [3.8, 4) is 0 Å². The molecule has 1 fully saturated rings. The molecular formula is C12H23F3O3Si. The summed E-state index contributed by atoms with van der Waals surface area (Å²) in [5, 5.41) is 0. The molecule has 1 rings (SSSR count). The summed E-state index contributed by atoms with van der Waals surface area (Å²) in [7, 11) is -3.27. The summed E-state index contributed by atoms with van der Waals surface area (Å²) in [6, 6.07) is 0.440. The average Bonchev–Trinajstić information content (AvgIpc) is 2.11. The molecule has 0 aromatic carbocycles. The van der Waals surface area contributed by atoms with Gasteiger partial charge >= 0.3 is 15.0 Å². The van der Waals surface area contributed by atoms with E-state index in [0.29, 0.717) is 12.5 Å². The zero-order valence-electron chi connectivity index (χ0n) is 12.1. The first-order valence-corrected chi connectivity index (χ1v) is 8.55. The van der Waals surface area contributed by atoms with Crippen LogP contribution in [0, 0.1) is 0 Å². The molecule has 0 aromatic heterocycles. The van der Waals surface area contributed by atoms with Gasteiger partial charge < -0.3 is 13.3 Å². The molecule has 0 radical (unpaired) electrons. The van der Waals surface area contributed by atoms with E-state index in [1.807, 2.05) is 0 Å². The lowest BCUT2D eigenvalue weighted by molar-refractivity contribution is -0.264. The van der Waals surface area contributed by atoms with Crippen LogP contribution in [0.4, 0.5) is 13.2 Å². The van der Waals surface area contributed by atoms with Gasteiger partial charge in [-0.2, -0.15) is 13.2 Å². The van der Waals surface area contributed by atoms with Gasteiger partial charge in [0.1, 0.15) is 0 Å². The Labute approximate surface area is 113 Å². The van der Waals surface area contributed by atoms with Gasteiger partial charge in [0, 0.05) is 18.3 Å². The van der Waals surface area contributed by atoms with Gasteiger partial charge in [0.2, 0.25) is 0 Å². The summed E-state index contributed by atoms with van der Waals surface area (Å²) in [4.78, 5) is 0. The largest absolute Gasteiger partial charge is 0.502 e. The lowest BCUT2D eigenvalue weighted by Gasteiger charge is -2.45. The fourth-order valence-corrected chi connectivity index (χ4v) is 5.64. The third-order valence-corrected chi connectivity index (χ3v) is 6.34. The van der Waals surface area contributed by atoms with Crippen LogP contribution in [0.5, 0.6) is 0 Å². The Hall–Kier alpha value is -0.113. The van der Waals surface area contributed by atoms with Gasteiger partial charge in [-0.3, -0.25) is 0 Å². The summed E-state index contributed by atoms with van der Waals surface area (Å²) in [6.07, 6.45) is -4.50. The van der Waals surface area contributed by atoms with E-state index < -0.39 is 20.6 Å². The van der Waals surface area contributed by atoms with Crippen LogP contribution in [-0.2, 0) is 13.3 Å². The predicted octanol–water partition coefficient (Wildman–Crippen LogP) is 3.91. The van der Waals surface area contributed by atoms with Crippen molar-refractivity contribution in [2.75, 3.05) is 0 Å². The first kappa shape index (κ1) is 16.9. The van der Waals surface area contributed by atoms with Crippen molar-refractivity contribution in [1.29, 1.82) is 0 Å². The summed E-state index contributed by atoms with van der Waals surface area (Å²) < 4.78 is 56.2.